The Morgan fingerprint density at radius 3 is 2.72 bits per heavy atom. The summed E-state index contributed by atoms with van der Waals surface area (Å²) in [5.74, 6) is 0.701. The molecule has 0 aromatic carbocycles. The fourth-order valence-electron chi connectivity index (χ4n) is 2.16. The van der Waals surface area contributed by atoms with Gasteiger partial charge >= 0.3 is 0 Å². The molecule has 1 rings (SSSR count). The third-order valence-corrected chi connectivity index (χ3v) is 3.65. The van der Waals surface area contributed by atoms with Gasteiger partial charge in [0.1, 0.15) is 0 Å². The van der Waals surface area contributed by atoms with Gasteiger partial charge in [-0.05, 0) is 44.3 Å². The Morgan fingerprint density at radius 2 is 2.11 bits per heavy atom. The van der Waals surface area contributed by atoms with Gasteiger partial charge < -0.3 is 19.7 Å². The lowest BCUT2D eigenvalue weighted by Gasteiger charge is -2.33. The topological polar surface area (TPSA) is 33.7 Å². The van der Waals surface area contributed by atoms with E-state index in [1.807, 2.05) is 6.92 Å². The predicted molar refractivity (Wildman–Crippen MR) is 77.9 cm³/mol. The van der Waals surface area contributed by atoms with E-state index in [0.29, 0.717) is 5.92 Å². The lowest BCUT2D eigenvalue weighted by Crippen LogP contribution is -2.45. The van der Waals surface area contributed by atoms with E-state index in [1.165, 1.54) is 12.8 Å². The molecule has 0 amide bonds. The molecule has 0 saturated carbocycles. The largest absolute Gasteiger partial charge is 0.384 e. The molecule has 0 bridgehead atoms. The molecule has 5 heteroatoms. The molecule has 18 heavy (non-hydrogen) atoms. The van der Waals surface area contributed by atoms with Crippen LogP contribution in [0.1, 0.15) is 26.2 Å². The zero-order valence-corrected chi connectivity index (χ0v) is 12.4. The van der Waals surface area contributed by atoms with Gasteiger partial charge in [-0.3, -0.25) is 0 Å². The number of likely N-dealkylation sites (tertiary alicyclic amines) is 1. The second-order valence-electron chi connectivity index (χ2n) is 4.67. The van der Waals surface area contributed by atoms with Gasteiger partial charge in [0.15, 0.2) is 5.11 Å². The molecule has 0 atom stereocenters. The van der Waals surface area contributed by atoms with Gasteiger partial charge in [0.05, 0.1) is 0 Å². The lowest BCUT2D eigenvalue weighted by molar-refractivity contribution is 0.118. The molecule has 4 nitrogen and oxygen atoms in total. The fraction of sp³-hybridized carbons (Fsp3) is 0.923. The fourth-order valence-corrected chi connectivity index (χ4v) is 2.45. The van der Waals surface area contributed by atoms with Crippen molar-refractivity contribution in [3.05, 3.63) is 0 Å². The van der Waals surface area contributed by atoms with Crippen molar-refractivity contribution >= 4 is 17.3 Å². The summed E-state index contributed by atoms with van der Waals surface area (Å²) in [6.45, 7) is 7.48. The quantitative estimate of drug-likeness (QED) is 0.564. The van der Waals surface area contributed by atoms with Gasteiger partial charge in [0.25, 0.3) is 0 Å². The molecule has 0 aliphatic carbocycles. The smallest absolute Gasteiger partial charge is 0.168 e. The summed E-state index contributed by atoms with van der Waals surface area (Å²) < 4.78 is 10.5. The Labute approximate surface area is 116 Å². The van der Waals surface area contributed by atoms with E-state index in [0.717, 1.165) is 51.0 Å². The Hall–Kier alpha value is -0.390. The molecule has 0 radical (unpaired) electrons. The first kappa shape index (κ1) is 15.7. The highest BCUT2D eigenvalue weighted by Crippen LogP contribution is 2.17. The molecule has 106 valence electrons. The SMILES string of the molecule is CCOCCCNC(=S)N1CCC(COC)CC1. The van der Waals surface area contributed by atoms with Crippen molar-refractivity contribution in [3.63, 3.8) is 0 Å². The summed E-state index contributed by atoms with van der Waals surface area (Å²) in [4.78, 5) is 2.27. The van der Waals surface area contributed by atoms with Crippen LogP contribution in [0.2, 0.25) is 0 Å². The van der Waals surface area contributed by atoms with Gasteiger partial charge in [0.2, 0.25) is 0 Å². The molecule has 0 unspecified atom stereocenters. The molecule has 1 aliphatic rings. The number of thiocarbonyl (C=S) groups is 1. The van der Waals surface area contributed by atoms with Crippen molar-refractivity contribution in [2.45, 2.75) is 26.2 Å². The van der Waals surface area contributed by atoms with Crippen LogP contribution in [0.15, 0.2) is 0 Å². The minimum absolute atomic E-state index is 0.701. The van der Waals surface area contributed by atoms with E-state index in [9.17, 15) is 0 Å². The average molecular weight is 274 g/mol. The standard InChI is InChI=1S/C13H26N2O2S/c1-3-17-10-4-7-14-13(18)15-8-5-12(6-9-15)11-16-2/h12H,3-11H2,1-2H3,(H,14,18). The second-order valence-corrected chi connectivity index (χ2v) is 5.05. The summed E-state index contributed by atoms with van der Waals surface area (Å²) in [6, 6.07) is 0. The molecule has 0 spiro atoms. The van der Waals surface area contributed by atoms with Crippen molar-refractivity contribution in [3.8, 4) is 0 Å². The number of ether oxygens (including phenoxy) is 2. The van der Waals surface area contributed by atoms with Crippen molar-refractivity contribution < 1.29 is 9.47 Å². The second kappa shape index (κ2) is 9.53. The van der Waals surface area contributed by atoms with Gasteiger partial charge in [0, 0.05) is 46.6 Å². The first-order valence-electron chi connectivity index (χ1n) is 6.87. The Balaban J connectivity index is 2.08. The van der Waals surface area contributed by atoms with Gasteiger partial charge in [-0.15, -0.1) is 0 Å². The minimum Gasteiger partial charge on any atom is -0.384 e. The molecule has 1 fully saturated rings. The zero-order chi connectivity index (χ0) is 13.2. The number of nitrogens with zero attached hydrogens (tertiary/aromatic N) is 1. The van der Waals surface area contributed by atoms with Gasteiger partial charge in [-0.1, -0.05) is 0 Å². The summed E-state index contributed by atoms with van der Waals surface area (Å²) in [7, 11) is 1.77. The first-order valence-corrected chi connectivity index (χ1v) is 7.28. The van der Waals surface area contributed by atoms with Crippen molar-refractivity contribution in [1.82, 2.24) is 10.2 Å². The molecule has 0 aromatic heterocycles. The van der Waals surface area contributed by atoms with E-state index in [1.54, 1.807) is 7.11 Å². The summed E-state index contributed by atoms with van der Waals surface area (Å²) >= 11 is 5.40. The summed E-state index contributed by atoms with van der Waals surface area (Å²) in [5.41, 5.74) is 0. The van der Waals surface area contributed by atoms with Crippen LogP contribution in [0.5, 0.6) is 0 Å². The van der Waals surface area contributed by atoms with E-state index in [4.69, 9.17) is 21.7 Å². The highest BCUT2D eigenvalue weighted by Gasteiger charge is 2.20. The van der Waals surface area contributed by atoms with E-state index in [2.05, 4.69) is 10.2 Å². The number of nitrogens with one attached hydrogen (secondary N) is 1. The molecule has 1 saturated heterocycles. The molecule has 1 aliphatic heterocycles. The Morgan fingerprint density at radius 1 is 1.39 bits per heavy atom. The van der Waals surface area contributed by atoms with Crippen LogP contribution in [0, 0.1) is 5.92 Å². The summed E-state index contributed by atoms with van der Waals surface area (Å²) in [5, 5.41) is 4.20. The molecular formula is C13H26N2O2S. The average Bonchev–Trinajstić information content (AvgIpc) is 2.39. The number of methoxy groups -OCH3 is 1. The molecule has 1 N–H and O–H groups in total. The van der Waals surface area contributed by atoms with E-state index < -0.39 is 0 Å². The minimum atomic E-state index is 0.701. The molecule has 1 heterocycles. The molecule has 0 aromatic rings. The normalized spacial score (nSPS) is 16.9. The van der Waals surface area contributed by atoms with Crippen LogP contribution < -0.4 is 5.32 Å². The van der Waals surface area contributed by atoms with Crippen molar-refractivity contribution in [2.75, 3.05) is 46.6 Å². The highest BCUT2D eigenvalue weighted by molar-refractivity contribution is 7.80. The van der Waals surface area contributed by atoms with Gasteiger partial charge in [-0.2, -0.15) is 0 Å². The van der Waals surface area contributed by atoms with Crippen LogP contribution in [0.25, 0.3) is 0 Å². The number of hydrogen-bond acceptors (Lipinski definition) is 3. The Bertz CT molecular complexity index is 231. The third kappa shape index (κ3) is 5.98. The predicted octanol–water partition coefficient (Wildman–Crippen LogP) is 1.65. The number of hydrogen-bond donors (Lipinski definition) is 1. The Kier molecular flexibility index (Phi) is 8.29. The molecular weight excluding hydrogens is 248 g/mol. The van der Waals surface area contributed by atoms with Crippen LogP contribution in [-0.4, -0.2) is 56.6 Å². The number of piperidine rings is 1. The third-order valence-electron chi connectivity index (χ3n) is 3.25. The number of rotatable bonds is 7. The highest BCUT2D eigenvalue weighted by atomic mass is 32.1. The van der Waals surface area contributed by atoms with Gasteiger partial charge in [-0.25, -0.2) is 0 Å². The monoisotopic (exact) mass is 274 g/mol. The van der Waals surface area contributed by atoms with Crippen molar-refractivity contribution in [1.29, 1.82) is 0 Å². The maximum Gasteiger partial charge on any atom is 0.168 e. The maximum atomic E-state index is 5.40. The van der Waals surface area contributed by atoms with E-state index >= 15 is 0 Å². The van der Waals surface area contributed by atoms with E-state index in [-0.39, 0.29) is 0 Å². The van der Waals surface area contributed by atoms with Crippen LogP contribution in [0.4, 0.5) is 0 Å². The van der Waals surface area contributed by atoms with Crippen LogP contribution in [0.3, 0.4) is 0 Å². The van der Waals surface area contributed by atoms with Crippen LogP contribution >= 0.6 is 12.2 Å². The zero-order valence-electron chi connectivity index (χ0n) is 11.6. The first-order chi connectivity index (χ1) is 8.77. The van der Waals surface area contributed by atoms with Crippen molar-refractivity contribution in [2.24, 2.45) is 5.92 Å². The lowest BCUT2D eigenvalue weighted by atomic mass is 9.98. The summed E-state index contributed by atoms with van der Waals surface area (Å²) in [6.07, 6.45) is 3.36. The van der Waals surface area contributed by atoms with Crippen LogP contribution in [-0.2, 0) is 9.47 Å². The maximum absolute atomic E-state index is 5.40.